The summed E-state index contributed by atoms with van der Waals surface area (Å²) in [6.07, 6.45) is 7.18. The largest absolute Gasteiger partial charge is 0.355 e. The number of likely N-dealkylation sites (tertiary alicyclic amines) is 1. The number of hydrogen-bond donors (Lipinski definition) is 2. The highest BCUT2D eigenvalue weighted by atomic mass is 16.2. The van der Waals surface area contributed by atoms with E-state index < -0.39 is 0 Å². The van der Waals surface area contributed by atoms with E-state index in [2.05, 4.69) is 43.2 Å². The second-order valence-corrected chi connectivity index (χ2v) is 6.62. The zero-order valence-electron chi connectivity index (χ0n) is 14.5. The second-order valence-electron chi connectivity index (χ2n) is 6.62. The van der Waals surface area contributed by atoms with Crippen LogP contribution in [0.2, 0.25) is 0 Å². The van der Waals surface area contributed by atoms with Gasteiger partial charge in [0.15, 0.2) is 0 Å². The highest BCUT2D eigenvalue weighted by Gasteiger charge is 2.29. The first-order valence-corrected chi connectivity index (χ1v) is 8.83. The van der Waals surface area contributed by atoms with Crippen molar-refractivity contribution in [3.63, 3.8) is 0 Å². The van der Waals surface area contributed by atoms with Crippen LogP contribution >= 0.6 is 0 Å². The molecular formula is C17H35N3O. The van der Waals surface area contributed by atoms with Gasteiger partial charge in [-0.1, -0.05) is 40.0 Å². The van der Waals surface area contributed by atoms with Gasteiger partial charge in [0.1, 0.15) is 0 Å². The van der Waals surface area contributed by atoms with Crippen LogP contribution in [0, 0.1) is 0 Å². The maximum Gasteiger partial charge on any atom is 0.237 e. The zero-order chi connectivity index (χ0) is 15.7. The third-order valence-corrected chi connectivity index (χ3v) is 4.39. The Labute approximate surface area is 131 Å². The molecule has 1 saturated heterocycles. The summed E-state index contributed by atoms with van der Waals surface area (Å²) in [5.74, 6) is 0.197. The van der Waals surface area contributed by atoms with E-state index in [1.807, 2.05) is 0 Å². The molecule has 21 heavy (non-hydrogen) atoms. The monoisotopic (exact) mass is 297 g/mol. The maximum atomic E-state index is 12.3. The van der Waals surface area contributed by atoms with Gasteiger partial charge >= 0.3 is 0 Å². The zero-order valence-corrected chi connectivity index (χ0v) is 14.5. The molecule has 0 saturated carbocycles. The predicted octanol–water partition coefficient (Wildman–Crippen LogP) is 2.53. The van der Waals surface area contributed by atoms with Crippen molar-refractivity contribution in [3.05, 3.63) is 0 Å². The molecule has 124 valence electrons. The summed E-state index contributed by atoms with van der Waals surface area (Å²) in [6, 6.07) is 0.996. The Morgan fingerprint density at radius 2 is 2.00 bits per heavy atom. The summed E-state index contributed by atoms with van der Waals surface area (Å²) in [7, 11) is 0. The first-order valence-electron chi connectivity index (χ1n) is 8.83. The number of amides is 1. The minimum atomic E-state index is -0.00844. The lowest BCUT2D eigenvalue weighted by Crippen LogP contribution is -2.55. The summed E-state index contributed by atoms with van der Waals surface area (Å²) in [5.41, 5.74) is 0. The molecule has 0 radical (unpaired) electrons. The number of nitrogens with one attached hydrogen (secondary N) is 2. The van der Waals surface area contributed by atoms with Crippen molar-refractivity contribution >= 4 is 5.91 Å². The van der Waals surface area contributed by atoms with Gasteiger partial charge in [-0.25, -0.2) is 0 Å². The Morgan fingerprint density at radius 1 is 1.24 bits per heavy atom. The topological polar surface area (TPSA) is 44.4 Å². The number of carbonyl (C=O) groups is 1. The fraction of sp³-hybridized carbons (Fsp3) is 0.941. The van der Waals surface area contributed by atoms with E-state index in [1.54, 1.807) is 0 Å². The summed E-state index contributed by atoms with van der Waals surface area (Å²) in [4.78, 5) is 14.7. The van der Waals surface area contributed by atoms with Gasteiger partial charge in [-0.15, -0.1) is 0 Å². The van der Waals surface area contributed by atoms with Crippen LogP contribution in [-0.4, -0.2) is 48.6 Å². The first kappa shape index (κ1) is 18.4. The standard InChI is InChI=1S/C17H35N3O/c1-5-6-8-11-18-17(21)15(4)20-12-9-7-10-16(20)13-19-14(2)3/h14-16,19H,5-13H2,1-4H3,(H,18,21). The number of nitrogens with zero attached hydrogens (tertiary/aromatic N) is 1. The number of unbranched alkanes of at least 4 members (excludes halogenated alkanes) is 2. The molecule has 1 aliphatic heterocycles. The molecule has 0 spiro atoms. The maximum absolute atomic E-state index is 12.3. The lowest BCUT2D eigenvalue weighted by Gasteiger charge is -2.39. The fourth-order valence-corrected chi connectivity index (χ4v) is 3.01. The Kier molecular flexibility index (Phi) is 8.93. The van der Waals surface area contributed by atoms with Crippen LogP contribution in [0.25, 0.3) is 0 Å². The van der Waals surface area contributed by atoms with Crippen LogP contribution in [-0.2, 0) is 4.79 Å². The van der Waals surface area contributed by atoms with Crippen molar-refractivity contribution in [2.45, 2.75) is 84.3 Å². The van der Waals surface area contributed by atoms with Gasteiger partial charge in [0, 0.05) is 25.2 Å². The summed E-state index contributed by atoms with van der Waals surface area (Å²) in [5, 5.41) is 6.62. The number of hydrogen-bond acceptors (Lipinski definition) is 3. The highest BCUT2D eigenvalue weighted by Crippen LogP contribution is 2.19. The molecule has 1 heterocycles. The molecule has 2 unspecified atom stereocenters. The van der Waals surface area contributed by atoms with Crippen LogP contribution < -0.4 is 10.6 Å². The molecule has 0 aromatic carbocycles. The normalized spacial score (nSPS) is 21.5. The van der Waals surface area contributed by atoms with E-state index in [1.165, 1.54) is 32.1 Å². The van der Waals surface area contributed by atoms with E-state index in [4.69, 9.17) is 0 Å². The molecule has 2 N–H and O–H groups in total. The molecule has 0 aromatic heterocycles. The average Bonchev–Trinajstić information content (AvgIpc) is 2.48. The third-order valence-electron chi connectivity index (χ3n) is 4.39. The summed E-state index contributed by atoms with van der Waals surface area (Å²) >= 11 is 0. The molecule has 2 atom stereocenters. The van der Waals surface area contributed by atoms with E-state index in [0.29, 0.717) is 12.1 Å². The van der Waals surface area contributed by atoms with Crippen molar-refractivity contribution < 1.29 is 4.79 Å². The molecule has 4 heteroatoms. The van der Waals surface area contributed by atoms with Crippen molar-refractivity contribution in [1.82, 2.24) is 15.5 Å². The van der Waals surface area contributed by atoms with Gasteiger partial charge in [-0.2, -0.15) is 0 Å². The smallest absolute Gasteiger partial charge is 0.237 e. The number of rotatable bonds is 9. The van der Waals surface area contributed by atoms with Crippen LogP contribution in [0.4, 0.5) is 0 Å². The van der Waals surface area contributed by atoms with Crippen molar-refractivity contribution in [1.29, 1.82) is 0 Å². The average molecular weight is 297 g/mol. The molecule has 1 amide bonds. The second kappa shape index (κ2) is 10.2. The number of carbonyl (C=O) groups excluding carboxylic acids is 1. The predicted molar refractivity (Wildman–Crippen MR) is 89.5 cm³/mol. The summed E-state index contributed by atoms with van der Waals surface area (Å²) in [6.45, 7) is 11.5. The Balaban J connectivity index is 2.43. The number of piperidine rings is 1. The van der Waals surface area contributed by atoms with Crippen LogP contribution in [0.3, 0.4) is 0 Å². The van der Waals surface area contributed by atoms with Crippen molar-refractivity contribution in [3.8, 4) is 0 Å². The Hall–Kier alpha value is -0.610. The van der Waals surface area contributed by atoms with Gasteiger partial charge in [0.25, 0.3) is 0 Å². The molecule has 1 fully saturated rings. The lowest BCUT2D eigenvalue weighted by molar-refractivity contribution is -0.127. The molecule has 0 aliphatic carbocycles. The van der Waals surface area contributed by atoms with E-state index in [0.717, 1.165) is 26.1 Å². The Bertz CT molecular complexity index is 294. The molecule has 0 aromatic rings. The third kappa shape index (κ3) is 6.79. The first-order chi connectivity index (χ1) is 10.1. The van der Waals surface area contributed by atoms with Gasteiger partial charge in [-0.05, 0) is 32.7 Å². The molecule has 4 nitrogen and oxygen atoms in total. The van der Waals surface area contributed by atoms with Gasteiger partial charge in [0.2, 0.25) is 5.91 Å². The van der Waals surface area contributed by atoms with Gasteiger partial charge in [-0.3, -0.25) is 9.69 Å². The lowest BCUT2D eigenvalue weighted by atomic mass is 9.99. The summed E-state index contributed by atoms with van der Waals surface area (Å²) < 4.78 is 0. The SMILES string of the molecule is CCCCCNC(=O)C(C)N1CCCCC1CNC(C)C. The van der Waals surface area contributed by atoms with Crippen molar-refractivity contribution in [2.75, 3.05) is 19.6 Å². The quantitative estimate of drug-likeness (QED) is 0.643. The van der Waals surface area contributed by atoms with Crippen LogP contribution in [0.1, 0.15) is 66.2 Å². The minimum absolute atomic E-state index is 0.00844. The molecular weight excluding hydrogens is 262 g/mol. The van der Waals surface area contributed by atoms with E-state index >= 15 is 0 Å². The molecule has 1 aliphatic rings. The Morgan fingerprint density at radius 3 is 2.67 bits per heavy atom. The van der Waals surface area contributed by atoms with Crippen LogP contribution in [0.15, 0.2) is 0 Å². The van der Waals surface area contributed by atoms with E-state index in [-0.39, 0.29) is 11.9 Å². The van der Waals surface area contributed by atoms with Gasteiger partial charge in [0.05, 0.1) is 6.04 Å². The van der Waals surface area contributed by atoms with E-state index in [9.17, 15) is 4.79 Å². The van der Waals surface area contributed by atoms with Crippen LogP contribution in [0.5, 0.6) is 0 Å². The van der Waals surface area contributed by atoms with Gasteiger partial charge < -0.3 is 10.6 Å². The van der Waals surface area contributed by atoms with Crippen molar-refractivity contribution in [2.24, 2.45) is 0 Å². The highest BCUT2D eigenvalue weighted by molar-refractivity contribution is 5.81. The minimum Gasteiger partial charge on any atom is -0.355 e. The fourth-order valence-electron chi connectivity index (χ4n) is 3.01. The molecule has 1 rings (SSSR count). The molecule has 0 bridgehead atoms.